The Labute approximate surface area is 209 Å². The van der Waals surface area contributed by atoms with Crippen LogP contribution in [0.15, 0.2) is 76.9 Å². The predicted molar refractivity (Wildman–Crippen MR) is 132 cm³/mol. The monoisotopic (exact) mass is 536 g/mol. The number of aromatic carboxylic acids is 1. The number of carbonyl (C=O) groups is 3. The van der Waals surface area contributed by atoms with Gasteiger partial charge in [-0.15, -0.1) is 0 Å². The molecule has 0 atom stereocenters. The van der Waals surface area contributed by atoms with E-state index < -0.39 is 17.9 Å². The predicted octanol–water partition coefficient (Wildman–Crippen LogP) is 4.83. The number of imide groups is 1. The first-order valence-electron chi connectivity index (χ1n) is 10.6. The van der Waals surface area contributed by atoms with Gasteiger partial charge < -0.3 is 19.9 Å². The molecule has 1 heterocycles. The highest BCUT2D eigenvalue weighted by atomic mass is 79.9. The fourth-order valence-electron chi connectivity index (χ4n) is 3.55. The minimum Gasteiger partial charge on any atom is -0.493 e. The van der Waals surface area contributed by atoms with E-state index in [0.717, 1.165) is 14.9 Å². The standard InChI is InChI=1S/C26H21BrN2O6/c1-34-22-7-3-5-18(23(22)35-15-17-4-2-6-19(12-17)25(31)32)13-21-24(30)29(26(33)28-21)14-16-8-10-20(27)11-9-16/h2-13H,14-15H2,1H3,(H,28,33)(H,31,32)/b21-13+. The minimum absolute atomic E-state index is 0.0770. The number of halogens is 1. The number of methoxy groups -OCH3 is 1. The van der Waals surface area contributed by atoms with Gasteiger partial charge in [0.05, 0.1) is 19.2 Å². The van der Waals surface area contributed by atoms with Crippen LogP contribution in [0.3, 0.4) is 0 Å². The molecule has 3 amide bonds. The fraction of sp³-hybridized carbons (Fsp3) is 0.115. The first kappa shape index (κ1) is 24.0. The molecule has 0 radical (unpaired) electrons. The van der Waals surface area contributed by atoms with Crippen LogP contribution in [-0.2, 0) is 17.9 Å². The Kier molecular flexibility index (Phi) is 7.17. The summed E-state index contributed by atoms with van der Waals surface area (Å²) in [5.74, 6) is -0.701. The molecule has 9 heteroatoms. The molecule has 2 N–H and O–H groups in total. The van der Waals surface area contributed by atoms with Gasteiger partial charge in [0.1, 0.15) is 12.3 Å². The number of carboxylic acids is 1. The highest BCUT2D eigenvalue weighted by molar-refractivity contribution is 9.10. The highest BCUT2D eigenvalue weighted by Crippen LogP contribution is 2.34. The van der Waals surface area contributed by atoms with Crippen LogP contribution in [-0.4, -0.2) is 35.0 Å². The summed E-state index contributed by atoms with van der Waals surface area (Å²) in [7, 11) is 1.49. The van der Waals surface area contributed by atoms with Gasteiger partial charge in [0.15, 0.2) is 11.5 Å². The lowest BCUT2D eigenvalue weighted by atomic mass is 10.1. The van der Waals surface area contributed by atoms with Crippen LogP contribution in [0, 0.1) is 0 Å². The number of carbonyl (C=O) groups excluding carboxylic acids is 2. The lowest BCUT2D eigenvalue weighted by Crippen LogP contribution is -2.30. The Morgan fingerprint density at radius 2 is 1.80 bits per heavy atom. The number of amides is 3. The number of hydrogen-bond acceptors (Lipinski definition) is 5. The van der Waals surface area contributed by atoms with E-state index in [1.54, 1.807) is 30.3 Å². The zero-order valence-corrected chi connectivity index (χ0v) is 20.2. The summed E-state index contributed by atoms with van der Waals surface area (Å²) < 4.78 is 12.3. The highest BCUT2D eigenvalue weighted by Gasteiger charge is 2.33. The topological polar surface area (TPSA) is 105 Å². The molecule has 1 aliphatic rings. The molecule has 35 heavy (non-hydrogen) atoms. The van der Waals surface area contributed by atoms with Gasteiger partial charge in [0.25, 0.3) is 5.91 Å². The average Bonchev–Trinajstić information content (AvgIpc) is 3.11. The van der Waals surface area contributed by atoms with Crippen LogP contribution in [0.5, 0.6) is 11.5 Å². The molecule has 1 saturated heterocycles. The van der Waals surface area contributed by atoms with Gasteiger partial charge in [-0.2, -0.15) is 0 Å². The average molecular weight is 537 g/mol. The van der Waals surface area contributed by atoms with Gasteiger partial charge in [0, 0.05) is 10.0 Å². The third-order valence-corrected chi connectivity index (χ3v) is 5.83. The van der Waals surface area contributed by atoms with Crippen molar-refractivity contribution in [1.82, 2.24) is 10.2 Å². The van der Waals surface area contributed by atoms with E-state index in [-0.39, 0.29) is 24.4 Å². The number of carboxylic acid groups (broad SMARTS) is 1. The third kappa shape index (κ3) is 5.52. The summed E-state index contributed by atoms with van der Waals surface area (Å²) in [4.78, 5) is 37.9. The Bertz CT molecular complexity index is 1320. The maximum Gasteiger partial charge on any atom is 0.335 e. The molecule has 3 aromatic rings. The van der Waals surface area contributed by atoms with Crippen LogP contribution < -0.4 is 14.8 Å². The second-order valence-corrected chi connectivity index (χ2v) is 8.59. The van der Waals surface area contributed by atoms with E-state index in [2.05, 4.69) is 21.2 Å². The molecular weight excluding hydrogens is 516 g/mol. The Morgan fingerprint density at radius 3 is 2.51 bits per heavy atom. The van der Waals surface area contributed by atoms with Gasteiger partial charge >= 0.3 is 12.0 Å². The van der Waals surface area contributed by atoms with Gasteiger partial charge in [0.2, 0.25) is 0 Å². The van der Waals surface area contributed by atoms with Gasteiger partial charge in [-0.25, -0.2) is 9.59 Å². The van der Waals surface area contributed by atoms with Crippen molar-refractivity contribution in [2.75, 3.05) is 7.11 Å². The lowest BCUT2D eigenvalue weighted by Gasteiger charge is -2.14. The zero-order valence-electron chi connectivity index (χ0n) is 18.7. The number of para-hydroxylation sites is 1. The molecule has 3 aromatic carbocycles. The number of ether oxygens (including phenoxy) is 2. The maximum absolute atomic E-state index is 13.0. The molecule has 0 aromatic heterocycles. The molecule has 178 valence electrons. The van der Waals surface area contributed by atoms with Crippen molar-refractivity contribution in [3.63, 3.8) is 0 Å². The SMILES string of the molecule is COc1cccc(/C=C2/NC(=O)N(Cc3ccc(Br)cc3)C2=O)c1OCc1cccc(C(=O)O)c1. The van der Waals surface area contributed by atoms with Crippen molar-refractivity contribution < 1.29 is 29.0 Å². The molecule has 0 saturated carbocycles. The number of nitrogens with zero attached hydrogens (tertiary/aromatic N) is 1. The molecule has 0 spiro atoms. The fourth-order valence-corrected chi connectivity index (χ4v) is 3.82. The molecule has 8 nitrogen and oxygen atoms in total. The molecule has 4 rings (SSSR count). The summed E-state index contributed by atoms with van der Waals surface area (Å²) >= 11 is 3.37. The summed E-state index contributed by atoms with van der Waals surface area (Å²) in [6.45, 7) is 0.213. The van der Waals surface area contributed by atoms with Crippen LogP contribution in [0.2, 0.25) is 0 Å². The Balaban J connectivity index is 1.58. The van der Waals surface area contributed by atoms with E-state index in [1.165, 1.54) is 25.3 Å². The number of nitrogens with one attached hydrogen (secondary N) is 1. The summed E-state index contributed by atoms with van der Waals surface area (Å²) in [5.41, 5.74) is 2.25. The quantitative estimate of drug-likeness (QED) is 0.315. The smallest absolute Gasteiger partial charge is 0.335 e. The van der Waals surface area contributed by atoms with Crippen molar-refractivity contribution in [1.29, 1.82) is 0 Å². The maximum atomic E-state index is 13.0. The van der Waals surface area contributed by atoms with Crippen LogP contribution in [0.1, 0.15) is 27.0 Å². The summed E-state index contributed by atoms with van der Waals surface area (Å²) in [6.07, 6.45) is 1.54. The van der Waals surface area contributed by atoms with Crippen LogP contribution >= 0.6 is 15.9 Å². The van der Waals surface area contributed by atoms with Crippen LogP contribution in [0.4, 0.5) is 4.79 Å². The normalized spacial score (nSPS) is 14.2. The van der Waals surface area contributed by atoms with E-state index in [9.17, 15) is 19.5 Å². The van der Waals surface area contributed by atoms with E-state index in [1.807, 2.05) is 24.3 Å². The number of urea groups is 1. The summed E-state index contributed by atoms with van der Waals surface area (Å²) in [5, 5.41) is 11.8. The lowest BCUT2D eigenvalue weighted by molar-refractivity contribution is -0.123. The molecule has 1 fully saturated rings. The van der Waals surface area contributed by atoms with Gasteiger partial charge in [-0.05, 0) is 47.5 Å². The number of benzene rings is 3. The Hall–Kier alpha value is -4.11. The molecular formula is C26H21BrN2O6. The first-order valence-corrected chi connectivity index (χ1v) is 11.4. The van der Waals surface area contributed by atoms with Gasteiger partial charge in [-0.1, -0.05) is 52.3 Å². The van der Waals surface area contributed by atoms with Crippen molar-refractivity contribution in [2.24, 2.45) is 0 Å². The number of hydrogen-bond donors (Lipinski definition) is 2. The van der Waals surface area contributed by atoms with E-state index >= 15 is 0 Å². The van der Waals surface area contributed by atoms with Crippen molar-refractivity contribution in [2.45, 2.75) is 13.2 Å². The molecule has 0 bridgehead atoms. The summed E-state index contributed by atoms with van der Waals surface area (Å²) in [6, 6.07) is 18.4. The second kappa shape index (κ2) is 10.4. The van der Waals surface area contributed by atoms with Crippen molar-refractivity contribution in [3.05, 3.63) is 99.2 Å². The number of rotatable bonds is 8. The van der Waals surface area contributed by atoms with Crippen molar-refractivity contribution in [3.8, 4) is 11.5 Å². The molecule has 0 unspecified atom stereocenters. The van der Waals surface area contributed by atoms with E-state index in [4.69, 9.17) is 9.47 Å². The molecule has 0 aliphatic carbocycles. The second-order valence-electron chi connectivity index (χ2n) is 7.68. The van der Waals surface area contributed by atoms with Crippen LogP contribution in [0.25, 0.3) is 6.08 Å². The largest absolute Gasteiger partial charge is 0.493 e. The van der Waals surface area contributed by atoms with E-state index in [0.29, 0.717) is 22.6 Å². The third-order valence-electron chi connectivity index (χ3n) is 5.30. The van der Waals surface area contributed by atoms with Gasteiger partial charge in [-0.3, -0.25) is 9.69 Å². The minimum atomic E-state index is -1.03. The zero-order chi connectivity index (χ0) is 24.9. The molecule has 1 aliphatic heterocycles. The Morgan fingerprint density at radius 1 is 1.06 bits per heavy atom. The van der Waals surface area contributed by atoms with Crippen molar-refractivity contribution >= 4 is 39.9 Å². The first-order chi connectivity index (χ1) is 16.9.